The van der Waals surface area contributed by atoms with Crippen LogP contribution in [0.15, 0.2) is 41.4 Å². The predicted octanol–water partition coefficient (Wildman–Crippen LogP) is 2.98. The first-order valence-corrected chi connectivity index (χ1v) is 8.65. The summed E-state index contributed by atoms with van der Waals surface area (Å²) in [4.78, 5) is 12.3. The van der Waals surface area contributed by atoms with Crippen LogP contribution in [0.25, 0.3) is 27.4 Å². The maximum Gasteiger partial charge on any atom is 0.207 e. The lowest BCUT2D eigenvalue weighted by Gasteiger charge is -2.09. The summed E-state index contributed by atoms with van der Waals surface area (Å²) in [5.41, 5.74) is 2.12. The molecule has 0 N–H and O–H groups in total. The van der Waals surface area contributed by atoms with Gasteiger partial charge in [0.2, 0.25) is 5.69 Å². The zero-order valence-electron chi connectivity index (χ0n) is 12.7. The van der Waals surface area contributed by atoms with Gasteiger partial charge in [0.1, 0.15) is 5.82 Å². The van der Waals surface area contributed by atoms with Gasteiger partial charge in [-0.15, -0.1) is 0 Å². The smallest absolute Gasteiger partial charge is 0.207 e. The Bertz CT molecular complexity index is 1050. The van der Waals surface area contributed by atoms with E-state index in [-0.39, 0.29) is 10.6 Å². The number of aromatic nitrogens is 3. The molecule has 23 heavy (non-hydrogen) atoms. The van der Waals surface area contributed by atoms with Crippen LogP contribution < -0.4 is 0 Å². The van der Waals surface area contributed by atoms with Crippen molar-refractivity contribution < 1.29 is 8.42 Å². The van der Waals surface area contributed by atoms with Crippen molar-refractivity contribution in [3.05, 3.63) is 47.9 Å². The van der Waals surface area contributed by atoms with E-state index >= 15 is 0 Å². The average Bonchev–Trinajstić information content (AvgIpc) is 2.91. The van der Waals surface area contributed by atoms with E-state index in [2.05, 4.69) is 14.8 Å². The SMILES string of the molecule is [C-]#[N+]c1cnc2c(c1)nc(-c1ccccc1S(=O)(=O)CC)n2C. The highest BCUT2D eigenvalue weighted by molar-refractivity contribution is 7.91. The molecule has 2 aromatic heterocycles. The fraction of sp³-hybridized carbons (Fsp3) is 0.188. The molecular weight excluding hydrogens is 312 g/mol. The third-order valence-electron chi connectivity index (χ3n) is 3.67. The van der Waals surface area contributed by atoms with Crippen molar-refractivity contribution >= 4 is 26.7 Å². The van der Waals surface area contributed by atoms with E-state index < -0.39 is 9.84 Å². The van der Waals surface area contributed by atoms with Gasteiger partial charge in [-0.2, -0.15) is 0 Å². The van der Waals surface area contributed by atoms with Gasteiger partial charge in [0, 0.05) is 18.8 Å². The molecule has 6 nitrogen and oxygen atoms in total. The Morgan fingerprint density at radius 3 is 2.74 bits per heavy atom. The predicted molar refractivity (Wildman–Crippen MR) is 87.9 cm³/mol. The highest BCUT2D eigenvalue weighted by Gasteiger charge is 2.21. The maximum atomic E-state index is 12.3. The van der Waals surface area contributed by atoms with E-state index in [0.717, 1.165) is 0 Å². The second-order valence-electron chi connectivity index (χ2n) is 5.04. The largest absolute Gasteiger partial charge is 0.312 e. The van der Waals surface area contributed by atoms with Gasteiger partial charge < -0.3 is 4.57 Å². The van der Waals surface area contributed by atoms with Crippen LogP contribution >= 0.6 is 0 Å². The van der Waals surface area contributed by atoms with Crippen LogP contribution in [-0.4, -0.2) is 28.7 Å². The van der Waals surface area contributed by atoms with Crippen molar-refractivity contribution in [2.75, 3.05) is 5.75 Å². The summed E-state index contributed by atoms with van der Waals surface area (Å²) < 4.78 is 26.4. The zero-order chi connectivity index (χ0) is 16.6. The summed E-state index contributed by atoms with van der Waals surface area (Å²) >= 11 is 0. The van der Waals surface area contributed by atoms with Crippen LogP contribution in [0, 0.1) is 6.57 Å². The normalized spacial score (nSPS) is 11.5. The van der Waals surface area contributed by atoms with Crippen molar-refractivity contribution in [3.8, 4) is 11.4 Å². The molecule has 0 fully saturated rings. The number of sulfone groups is 1. The van der Waals surface area contributed by atoms with Crippen molar-refractivity contribution in [2.24, 2.45) is 7.05 Å². The number of benzene rings is 1. The van der Waals surface area contributed by atoms with Crippen LogP contribution in [0.4, 0.5) is 5.69 Å². The second-order valence-corrected chi connectivity index (χ2v) is 7.29. The summed E-state index contributed by atoms with van der Waals surface area (Å²) in [5, 5.41) is 0. The first kappa shape index (κ1) is 15.2. The molecule has 2 heterocycles. The highest BCUT2D eigenvalue weighted by Crippen LogP contribution is 2.30. The molecule has 0 unspecified atom stereocenters. The summed E-state index contributed by atoms with van der Waals surface area (Å²) in [5.74, 6) is 0.538. The quantitative estimate of drug-likeness (QED) is 0.694. The average molecular weight is 326 g/mol. The monoisotopic (exact) mass is 326 g/mol. The number of fused-ring (bicyclic) bond motifs is 1. The summed E-state index contributed by atoms with van der Waals surface area (Å²) in [7, 11) is -1.58. The van der Waals surface area contributed by atoms with Gasteiger partial charge in [0.05, 0.1) is 22.7 Å². The Labute approximate surface area is 134 Å². The molecule has 0 bridgehead atoms. The minimum absolute atomic E-state index is 0.0219. The first-order chi connectivity index (χ1) is 11.0. The fourth-order valence-electron chi connectivity index (χ4n) is 2.45. The Morgan fingerprint density at radius 2 is 2.04 bits per heavy atom. The minimum atomic E-state index is -3.37. The maximum absolute atomic E-state index is 12.3. The van der Waals surface area contributed by atoms with Gasteiger partial charge in [-0.3, -0.25) is 0 Å². The molecule has 0 aliphatic carbocycles. The number of imidazole rings is 1. The van der Waals surface area contributed by atoms with Crippen molar-refractivity contribution in [2.45, 2.75) is 11.8 Å². The Hall–Kier alpha value is -2.72. The highest BCUT2D eigenvalue weighted by atomic mass is 32.2. The molecule has 3 aromatic rings. The lowest BCUT2D eigenvalue weighted by Crippen LogP contribution is -2.07. The molecule has 0 spiro atoms. The van der Waals surface area contributed by atoms with Gasteiger partial charge in [-0.05, 0) is 18.2 Å². The molecule has 1 aromatic carbocycles. The number of hydrogen-bond donors (Lipinski definition) is 0. The summed E-state index contributed by atoms with van der Waals surface area (Å²) in [6, 6.07) is 8.45. The van der Waals surface area contributed by atoms with E-state index in [1.807, 2.05) is 0 Å². The van der Waals surface area contributed by atoms with Crippen LogP contribution in [0.2, 0.25) is 0 Å². The van der Waals surface area contributed by atoms with Crippen molar-refractivity contribution in [1.82, 2.24) is 14.5 Å². The third-order valence-corrected chi connectivity index (χ3v) is 5.45. The molecule has 0 saturated carbocycles. The number of nitrogens with zero attached hydrogens (tertiary/aromatic N) is 4. The molecule has 116 valence electrons. The molecule has 0 aliphatic rings. The van der Waals surface area contributed by atoms with Crippen molar-refractivity contribution in [3.63, 3.8) is 0 Å². The van der Waals surface area contributed by atoms with E-state index in [1.54, 1.807) is 48.9 Å². The van der Waals surface area contributed by atoms with Crippen molar-refractivity contribution in [1.29, 1.82) is 0 Å². The van der Waals surface area contributed by atoms with Gasteiger partial charge in [0.25, 0.3) is 0 Å². The van der Waals surface area contributed by atoms with E-state index in [1.165, 1.54) is 6.20 Å². The molecule has 3 rings (SSSR count). The molecule has 0 aliphatic heterocycles. The molecular formula is C16H14N4O2S. The summed E-state index contributed by atoms with van der Waals surface area (Å²) in [6.07, 6.45) is 1.48. The standard InChI is InChI=1S/C16H14N4O2S/c1-4-23(21,22)14-8-6-5-7-12(14)15-19-13-9-11(17-2)10-18-16(13)20(15)3/h5-10H,4H2,1,3H3. The number of hydrogen-bond acceptors (Lipinski definition) is 4. The molecule has 0 saturated heterocycles. The number of pyridine rings is 1. The third kappa shape index (κ3) is 2.47. The molecule has 0 amide bonds. The van der Waals surface area contributed by atoms with E-state index in [9.17, 15) is 8.42 Å². The first-order valence-electron chi connectivity index (χ1n) is 7.00. The molecule has 0 radical (unpaired) electrons. The topological polar surface area (TPSA) is 69.2 Å². The van der Waals surface area contributed by atoms with Gasteiger partial charge in [-0.1, -0.05) is 19.1 Å². The number of rotatable bonds is 3. The molecule has 7 heteroatoms. The number of aryl methyl sites for hydroxylation is 1. The lowest BCUT2D eigenvalue weighted by molar-refractivity contribution is 0.597. The van der Waals surface area contributed by atoms with E-state index in [4.69, 9.17) is 6.57 Å². The van der Waals surface area contributed by atoms with Crippen LogP contribution in [0.5, 0.6) is 0 Å². The van der Waals surface area contributed by atoms with Gasteiger partial charge >= 0.3 is 0 Å². The van der Waals surface area contributed by atoms with Gasteiger partial charge in [0.15, 0.2) is 15.5 Å². The lowest BCUT2D eigenvalue weighted by atomic mass is 10.2. The van der Waals surface area contributed by atoms with Gasteiger partial charge in [-0.25, -0.2) is 23.2 Å². The minimum Gasteiger partial charge on any atom is -0.312 e. The van der Waals surface area contributed by atoms with Crippen LogP contribution in [0.1, 0.15) is 6.92 Å². The van der Waals surface area contributed by atoms with Crippen LogP contribution in [0.3, 0.4) is 0 Å². The summed E-state index contributed by atoms with van der Waals surface area (Å²) in [6.45, 7) is 8.67. The second kappa shape index (κ2) is 5.48. The van der Waals surface area contributed by atoms with E-state index in [0.29, 0.717) is 28.2 Å². The Balaban J connectivity index is 2.31. The molecule has 0 atom stereocenters. The fourth-order valence-corrected chi connectivity index (χ4v) is 3.54. The Kier molecular flexibility index (Phi) is 3.62. The zero-order valence-corrected chi connectivity index (χ0v) is 13.5. The Morgan fingerprint density at radius 1 is 1.30 bits per heavy atom. The van der Waals surface area contributed by atoms with Crippen LogP contribution in [-0.2, 0) is 16.9 Å².